The van der Waals surface area contributed by atoms with Gasteiger partial charge in [0.05, 0.1) is 6.61 Å². The van der Waals surface area contributed by atoms with Gasteiger partial charge in [-0.1, -0.05) is 0 Å². The zero-order valence-corrected chi connectivity index (χ0v) is 10.1. The van der Waals surface area contributed by atoms with Gasteiger partial charge in [-0.05, 0) is 29.8 Å². The Morgan fingerprint density at radius 3 is 2.86 bits per heavy atom. The molecule has 4 nitrogen and oxygen atoms in total. The lowest BCUT2D eigenvalue weighted by molar-refractivity contribution is 0.190. The van der Waals surface area contributed by atoms with Crippen LogP contribution in [0.25, 0.3) is 0 Å². The van der Waals surface area contributed by atoms with Crippen LogP contribution in [0.2, 0.25) is 0 Å². The predicted molar refractivity (Wildman–Crippen MR) is 59.4 cm³/mol. The van der Waals surface area contributed by atoms with Gasteiger partial charge in [0.15, 0.2) is 0 Å². The first-order chi connectivity index (χ1) is 6.61. The fourth-order valence-corrected chi connectivity index (χ4v) is 1.62. The molecular formula is C9H14BrN3O. The Bertz CT molecular complexity index is 286. The van der Waals surface area contributed by atoms with Crippen molar-refractivity contribution in [2.24, 2.45) is 0 Å². The maximum absolute atomic E-state index is 5.02. The van der Waals surface area contributed by atoms with Gasteiger partial charge in [-0.15, -0.1) is 0 Å². The average Bonchev–Trinajstić information content (AvgIpc) is 2.01. The van der Waals surface area contributed by atoms with Crippen LogP contribution in [0.15, 0.2) is 10.7 Å². The van der Waals surface area contributed by atoms with E-state index >= 15 is 0 Å². The molecule has 0 aliphatic carbocycles. The Hall–Kier alpha value is -0.680. The number of halogens is 1. The molecule has 0 spiro atoms. The van der Waals surface area contributed by atoms with Crippen LogP contribution in [0.3, 0.4) is 0 Å². The standard InChI is InChI=1S/C9H14BrN3O/c1-6(5-14-3)11-9-4-8(10)12-7(2)13-9/h4,6H,5H2,1-3H3,(H,11,12,13). The van der Waals surface area contributed by atoms with E-state index in [9.17, 15) is 0 Å². The maximum atomic E-state index is 5.02. The molecule has 0 aromatic carbocycles. The maximum Gasteiger partial charge on any atom is 0.131 e. The number of ether oxygens (including phenoxy) is 1. The second-order valence-corrected chi connectivity index (χ2v) is 3.94. The first-order valence-electron chi connectivity index (χ1n) is 4.38. The van der Waals surface area contributed by atoms with Crippen LogP contribution in [-0.2, 0) is 4.74 Å². The number of aryl methyl sites for hydroxylation is 1. The Morgan fingerprint density at radius 1 is 1.57 bits per heavy atom. The molecule has 5 heteroatoms. The summed E-state index contributed by atoms with van der Waals surface area (Å²) < 4.78 is 5.81. The van der Waals surface area contributed by atoms with Gasteiger partial charge in [-0.2, -0.15) is 0 Å². The minimum absolute atomic E-state index is 0.237. The molecule has 78 valence electrons. The lowest BCUT2D eigenvalue weighted by atomic mass is 10.3. The van der Waals surface area contributed by atoms with Gasteiger partial charge in [0.25, 0.3) is 0 Å². The van der Waals surface area contributed by atoms with Crippen molar-refractivity contribution in [3.63, 3.8) is 0 Å². The summed E-state index contributed by atoms with van der Waals surface area (Å²) in [7, 11) is 1.68. The highest BCUT2D eigenvalue weighted by Crippen LogP contribution is 2.12. The van der Waals surface area contributed by atoms with Gasteiger partial charge in [0.2, 0.25) is 0 Å². The average molecular weight is 260 g/mol. The van der Waals surface area contributed by atoms with Crippen molar-refractivity contribution in [2.75, 3.05) is 19.0 Å². The van der Waals surface area contributed by atoms with Crippen molar-refractivity contribution in [2.45, 2.75) is 19.9 Å². The van der Waals surface area contributed by atoms with Gasteiger partial charge < -0.3 is 10.1 Å². The third kappa shape index (κ3) is 3.59. The summed E-state index contributed by atoms with van der Waals surface area (Å²) in [6.07, 6.45) is 0. The Morgan fingerprint density at radius 2 is 2.29 bits per heavy atom. The lowest BCUT2D eigenvalue weighted by Crippen LogP contribution is -2.21. The molecule has 1 aromatic rings. The first kappa shape index (κ1) is 11.4. The minimum Gasteiger partial charge on any atom is -0.383 e. The summed E-state index contributed by atoms with van der Waals surface area (Å²) >= 11 is 3.32. The zero-order valence-electron chi connectivity index (χ0n) is 8.54. The smallest absolute Gasteiger partial charge is 0.131 e. The summed E-state index contributed by atoms with van der Waals surface area (Å²) in [4.78, 5) is 8.37. The summed E-state index contributed by atoms with van der Waals surface area (Å²) in [6, 6.07) is 2.08. The van der Waals surface area contributed by atoms with E-state index in [1.54, 1.807) is 7.11 Å². The molecule has 0 amide bonds. The summed E-state index contributed by atoms with van der Waals surface area (Å²) in [5, 5.41) is 3.22. The Kier molecular flexibility index (Phi) is 4.28. The minimum atomic E-state index is 0.237. The number of methoxy groups -OCH3 is 1. The van der Waals surface area contributed by atoms with Gasteiger partial charge in [0, 0.05) is 19.2 Å². The van der Waals surface area contributed by atoms with E-state index in [1.165, 1.54) is 0 Å². The normalized spacial score (nSPS) is 12.6. The molecule has 0 aliphatic heterocycles. The van der Waals surface area contributed by atoms with Gasteiger partial charge >= 0.3 is 0 Å². The van der Waals surface area contributed by atoms with E-state index < -0.39 is 0 Å². The summed E-state index contributed by atoms with van der Waals surface area (Å²) in [5.41, 5.74) is 0. The van der Waals surface area contributed by atoms with E-state index in [1.807, 2.05) is 19.9 Å². The highest BCUT2D eigenvalue weighted by atomic mass is 79.9. The van der Waals surface area contributed by atoms with Crippen molar-refractivity contribution in [3.05, 3.63) is 16.5 Å². The summed E-state index contributed by atoms with van der Waals surface area (Å²) in [6.45, 7) is 4.55. The van der Waals surface area contributed by atoms with E-state index in [0.29, 0.717) is 6.61 Å². The number of hydrogen-bond donors (Lipinski definition) is 1. The third-order valence-electron chi connectivity index (χ3n) is 1.62. The first-order valence-corrected chi connectivity index (χ1v) is 5.17. The SMILES string of the molecule is COCC(C)Nc1cc(Br)nc(C)n1. The topological polar surface area (TPSA) is 47.0 Å². The molecule has 0 aliphatic rings. The molecule has 0 fully saturated rings. The van der Waals surface area contributed by atoms with Crippen LogP contribution in [0, 0.1) is 6.92 Å². The number of nitrogens with zero attached hydrogens (tertiary/aromatic N) is 2. The van der Waals surface area contributed by atoms with E-state index in [0.717, 1.165) is 16.2 Å². The quantitative estimate of drug-likeness (QED) is 0.841. The number of anilines is 1. The third-order valence-corrected chi connectivity index (χ3v) is 2.02. The van der Waals surface area contributed by atoms with Crippen molar-refractivity contribution in [3.8, 4) is 0 Å². The van der Waals surface area contributed by atoms with Crippen molar-refractivity contribution < 1.29 is 4.74 Å². The largest absolute Gasteiger partial charge is 0.383 e. The molecule has 1 heterocycles. The second-order valence-electron chi connectivity index (χ2n) is 3.12. The van der Waals surface area contributed by atoms with Crippen molar-refractivity contribution in [1.82, 2.24) is 9.97 Å². The fourth-order valence-electron chi connectivity index (χ4n) is 1.15. The van der Waals surface area contributed by atoms with Gasteiger partial charge in [0.1, 0.15) is 16.2 Å². The van der Waals surface area contributed by atoms with Crippen LogP contribution in [0.1, 0.15) is 12.7 Å². The molecule has 0 saturated carbocycles. The van der Waals surface area contributed by atoms with Crippen molar-refractivity contribution in [1.29, 1.82) is 0 Å². The van der Waals surface area contributed by atoms with Gasteiger partial charge in [-0.3, -0.25) is 0 Å². The van der Waals surface area contributed by atoms with E-state index in [-0.39, 0.29) is 6.04 Å². The molecule has 1 unspecified atom stereocenters. The highest BCUT2D eigenvalue weighted by molar-refractivity contribution is 9.10. The fraction of sp³-hybridized carbons (Fsp3) is 0.556. The number of nitrogens with one attached hydrogen (secondary N) is 1. The molecule has 0 radical (unpaired) electrons. The van der Waals surface area contributed by atoms with Crippen LogP contribution in [-0.4, -0.2) is 29.7 Å². The molecule has 14 heavy (non-hydrogen) atoms. The predicted octanol–water partition coefficient (Wildman–Crippen LogP) is 1.99. The highest BCUT2D eigenvalue weighted by Gasteiger charge is 2.03. The van der Waals surface area contributed by atoms with Crippen LogP contribution in [0.4, 0.5) is 5.82 Å². The Balaban J connectivity index is 2.66. The lowest BCUT2D eigenvalue weighted by Gasteiger charge is -2.13. The number of aromatic nitrogens is 2. The van der Waals surface area contributed by atoms with Crippen LogP contribution in [0.5, 0.6) is 0 Å². The van der Waals surface area contributed by atoms with Crippen molar-refractivity contribution >= 4 is 21.7 Å². The molecule has 1 atom stereocenters. The molecule has 1 N–H and O–H groups in total. The second kappa shape index (κ2) is 5.26. The molecule has 1 aromatic heterocycles. The van der Waals surface area contributed by atoms with E-state index in [2.05, 4.69) is 31.2 Å². The number of hydrogen-bond acceptors (Lipinski definition) is 4. The molecule has 1 rings (SSSR count). The zero-order chi connectivity index (χ0) is 10.6. The molecule has 0 bridgehead atoms. The molecular weight excluding hydrogens is 246 g/mol. The molecule has 0 saturated heterocycles. The van der Waals surface area contributed by atoms with Gasteiger partial charge in [-0.25, -0.2) is 9.97 Å². The summed E-state index contributed by atoms with van der Waals surface area (Å²) in [5.74, 6) is 1.56. The monoisotopic (exact) mass is 259 g/mol. The van der Waals surface area contributed by atoms with Crippen LogP contribution >= 0.6 is 15.9 Å². The number of rotatable bonds is 4. The van der Waals surface area contributed by atoms with Crippen LogP contribution < -0.4 is 5.32 Å². The van der Waals surface area contributed by atoms with E-state index in [4.69, 9.17) is 4.74 Å². The Labute approximate surface area is 92.2 Å².